The smallest absolute Gasteiger partial charge is 0.125 e. The Morgan fingerprint density at radius 1 is 1.42 bits per heavy atom. The van der Waals surface area contributed by atoms with Crippen LogP contribution in [0.5, 0.6) is 0 Å². The van der Waals surface area contributed by atoms with Gasteiger partial charge in [0.05, 0.1) is 6.10 Å². The van der Waals surface area contributed by atoms with Crippen molar-refractivity contribution in [2.75, 3.05) is 0 Å². The highest BCUT2D eigenvalue weighted by molar-refractivity contribution is 5.15. The summed E-state index contributed by atoms with van der Waals surface area (Å²) < 4.78 is 0. The quantitative estimate of drug-likeness (QED) is 0.575. The molecule has 1 aliphatic rings. The van der Waals surface area contributed by atoms with Crippen molar-refractivity contribution in [3.8, 4) is 11.8 Å². The van der Waals surface area contributed by atoms with E-state index in [-0.39, 0.29) is 6.10 Å². The molecule has 0 spiro atoms. The Morgan fingerprint density at radius 3 is 2.50 bits per heavy atom. The van der Waals surface area contributed by atoms with Crippen molar-refractivity contribution >= 4 is 0 Å². The molecule has 0 amide bonds. The summed E-state index contributed by atoms with van der Waals surface area (Å²) in [5.41, 5.74) is -0.741. The molecule has 0 bridgehead atoms. The highest BCUT2D eigenvalue weighted by Gasteiger charge is 2.28. The van der Waals surface area contributed by atoms with Crippen LogP contribution in [-0.4, -0.2) is 21.9 Å². The number of hydrogen-bond acceptors (Lipinski definition) is 2. The van der Waals surface area contributed by atoms with Gasteiger partial charge in [0.25, 0.3) is 0 Å². The van der Waals surface area contributed by atoms with Gasteiger partial charge >= 0.3 is 0 Å². The second-order valence-corrected chi connectivity index (χ2v) is 3.59. The molecule has 0 radical (unpaired) electrons. The third-order valence-electron chi connectivity index (χ3n) is 2.15. The molecule has 1 unspecified atom stereocenters. The third kappa shape index (κ3) is 2.84. The second kappa shape index (κ2) is 3.93. The first-order valence-electron chi connectivity index (χ1n) is 4.53. The van der Waals surface area contributed by atoms with Gasteiger partial charge < -0.3 is 10.2 Å². The maximum atomic E-state index is 9.75. The van der Waals surface area contributed by atoms with Gasteiger partial charge in [0.15, 0.2) is 0 Å². The van der Waals surface area contributed by atoms with Gasteiger partial charge in [-0.05, 0) is 32.6 Å². The van der Waals surface area contributed by atoms with E-state index in [0.717, 1.165) is 25.7 Å². The van der Waals surface area contributed by atoms with Gasteiger partial charge in [0.2, 0.25) is 0 Å². The lowest BCUT2D eigenvalue weighted by Crippen LogP contribution is -2.20. The number of aliphatic hydroxyl groups excluding tert-OH is 1. The molecule has 0 saturated heterocycles. The molecule has 0 heterocycles. The van der Waals surface area contributed by atoms with E-state index in [1.165, 1.54) is 0 Å². The summed E-state index contributed by atoms with van der Waals surface area (Å²) in [6.07, 6.45) is 3.80. The van der Waals surface area contributed by atoms with Gasteiger partial charge in [-0.15, -0.1) is 0 Å². The molecule has 68 valence electrons. The van der Waals surface area contributed by atoms with E-state index in [1.54, 1.807) is 6.92 Å². The minimum absolute atomic E-state index is 0.387. The average molecular weight is 168 g/mol. The molecule has 2 heteroatoms. The Balaban J connectivity index is 2.40. The summed E-state index contributed by atoms with van der Waals surface area (Å²) in [6, 6.07) is 0. The van der Waals surface area contributed by atoms with Crippen LogP contribution in [-0.2, 0) is 0 Å². The van der Waals surface area contributed by atoms with E-state index in [1.807, 2.05) is 0 Å². The predicted molar refractivity (Wildman–Crippen MR) is 47.5 cm³/mol. The van der Waals surface area contributed by atoms with Crippen LogP contribution in [0.1, 0.15) is 39.0 Å². The summed E-state index contributed by atoms with van der Waals surface area (Å²) in [6.45, 7) is 1.70. The lowest BCUT2D eigenvalue weighted by molar-refractivity contribution is 0.109. The SMILES string of the molecule is CC(O)CC#CC1(O)CCCC1. The molecular weight excluding hydrogens is 152 g/mol. The van der Waals surface area contributed by atoms with Crippen LogP contribution in [0, 0.1) is 11.8 Å². The summed E-state index contributed by atoms with van der Waals surface area (Å²) in [7, 11) is 0. The van der Waals surface area contributed by atoms with E-state index in [9.17, 15) is 5.11 Å². The van der Waals surface area contributed by atoms with Crippen molar-refractivity contribution in [2.24, 2.45) is 0 Å². The van der Waals surface area contributed by atoms with E-state index >= 15 is 0 Å². The summed E-state index contributed by atoms with van der Waals surface area (Å²) in [4.78, 5) is 0. The van der Waals surface area contributed by atoms with Crippen LogP contribution in [0.4, 0.5) is 0 Å². The number of hydrogen-bond donors (Lipinski definition) is 2. The predicted octanol–water partition coefficient (Wildman–Crippen LogP) is 1.07. The first-order chi connectivity index (χ1) is 5.62. The molecule has 12 heavy (non-hydrogen) atoms. The lowest BCUT2D eigenvalue weighted by Gasteiger charge is -2.12. The van der Waals surface area contributed by atoms with Crippen molar-refractivity contribution in [2.45, 2.75) is 50.7 Å². The normalized spacial score (nSPS) is 22.9. The molecule has 1 aliphatic carbocycles. The summed E-state index contributed by atoms with van der Waals surface area (Å²) >= 11 is 0. The van der Waals surface area contributed by atoms with Crippen LogP contribution in [0.15, 0.2) is 0 Å². The third-order valence-corrected chi connectivity index (χ3v) is 2.15. The molecule has 0 aromatic rings. The molecule has 1 atom stereocenters. The van der Waals surface area contributed by atoms with E-state index in [2.05, 4.69) is 11.8 Å². The van der Waals surface area contributed by atoms with Crippen molar-refractivity contribution in [3.63, 3.8) is 0 Å². The fraction of sp³-hybridized carbons (Fsp3) is 0.800. The Kier molecular flexibility index (Phi) is 3.13. The minimum atomic E-state index is -0.741. The largest absolute Gasteiger partial charge is 0.392 e. The molecule has 1 saturated carbocycles. The molecule has 0 aromatic carbocycles. The van der Waals surface area contributed by atoms with Gasteiger partial charge in [-0.25, -0.2) is 0 Å². The molecule has 2 N–H and O–H groups in total. The summed E-state index contributed by atoms with van der Waals surface area (Å²) in [5.74, 6) is 5.65. The topological polar surface area (TPSA) is 40.5 Å². The van der Waals surface area contributed by atoms with Crippen LogP contribution in [0.25, 0.3) is 0 Å². The van der Waals surface area contributed by atoms with Gasteiger partial charge in [0, 0.05) is 6.42 Å². The molecule has 1 fully saturated rings. The van der Waals surface area contributed by atoms with Crippen molar-refractivity contribution in [1.29, 1.82) is 0 Å². The standard InChI is InChI=1S/C10H16O2/c1-9(11)5-4-8-10(12)6-2-3-7-10/h9,11-12H,2-3,5-7H2,1H3. The zero-order valence-corrected chi connectivity index (χ0v) is 7.51. The van der Waals surface area contributed by atoms with Crippen molar-refractivity contribution in [1.82, 2.24) is 0 Å². The first kappa shape index (κ1) is 9.57. The number of aliphatic hydroxyl groups is 2. The summed E-state index contributed by atoms with van der Waals surface area (Å²) in [5, 5.41) is 18.7. The monoisotopic (exact) mass is 168 g/mol. The van der Waals surface area contributed by atoms with Crippen molar-refractivity contribution in [3.05, 3.63) is 0 Å². The van der Waals surface area contributed by atoms with E-state index < -0.39 is 5.60 Å². The van der Waals surface area contributed by atoms with Gasteiger partial charge in [-0.3, -0.25) is 0 Å². The van der Waals surface area contributed by atoms with Gasteiger partial charge in [-0.2, -0.15) is 0 Å². The molecule has 1 rings (SSSR count). The highest BCUT2D eigenvalue weighted by Crippen LogP contribution is 2.28. The van der Waals surface area contributed by atoms with E-state index in [4.69, 9.17) is 5.11 Å². The Labute approximate surface area is 73.6 Å². The van der Waals surface area contributed by atoms with Crippen molar-refractivity contribution < 1.29 is 10.2 Å². The molecule has 0 aromatic heterocycles. The maximum Gasteiger partial charge on any atom is 0.125 e. The van der Waals surface area contributed by atoms with Crippen LogP contribution in [0.3, 0.4) is 0 Å². The number of rotatable bonds is 1. The fourth-order valence-electron chi connectivity index (χ4n) is 1.45. The van der Waals surface area contributed by atoms with Crippen LogP contribution >= 0.6 is 0 Å². The zero-order valence-electron chi connectivity index (χ0n) is 7.51. The zero-order chi connectivity index (χ0) is 9.03. The second-order valence-electron chi connectivity index (χ2n) is 3.59. The van der Waals surface area contributed by atoms with E-state index in [0.29, 0.717) is 6.42 Å². The Hall–Kier alpha value is -0.520. The Bertz CT molecular complexity index is 192. The Morgan fingerprint density at radius 2 is 2.00 bits per heavy atom. The molecule has 2 nitrogen and oxygen atoms in total. The van der Waals surface area contributed by atoms with Gasteiger partial charge in [0.1, 0.15) is 5.60 Å². The van der Waals surface area contributed by atoms with Crippen LogP contribution in [0.2, 0.25) is 0 Å². The molecular formula is C10H16O2. The minimum Gasteiger partial charge on any atom is -0.392 e. The van der Waals surface area contributed by atoms with Gasteiger partial charge in [-0.1, -0.05) is 11.8 Å². The van der Waals surface area contributed by atoms with Crippen LogP contribution < -0.4 is 0 Å². The molecule has 0 aliphatic heterocycles. The first-order valence-corrected chi connectivity index (χ1v) is 4.53. The average Bonchev–Trinajstić information content (AvgIpc) is 2.35. The fourth-order valence-corrected chi connectivity index (χ4v) is 1.45. The lowest BCUT2D eigenvalue weighted by atomic mass is 10.0. The highest BCUT2D eigenvalue weighted by atomic mass is 16.3. The maximum absolute atomic E-state index is 9.75.